The molecule has 90 valence electrons. The maximum absolute atomic E-state index is 11.8. The summed E-state index contributed by atoms with van der Waals surface area (Å²) in [5, 5.41) is 9.55. The monoisotopic (exact) mass is 302 g/mol. The van der Waals surface area contributed by atoms with Gasteiger partial charge in [-0.15, -0.1) is 0 Å². The van der Waals surface area contributed by atoms with Gasteiger partial charge in [0.1, 0.15) is 5.75 Å². The molecule has 0 fully saturated rings. The summed E-state index contributed by atoms with van der Waals surface area (Å²) in [5.74, 6) is -0.209. The number of carbonyl (C=O) groups excluding carboxylic acids is 1. The van der Waals surface area contributed by atoms with Gasteiger partial charge in [0.15, 0.2) is 5.78 Å². The maximum Gasteiger partial charge on any atom is 0.189 e. The highest BCUT2D eigenvalue weighted by Gasteiger charge is 2.06. The van der Waals surface area contributed by atoms with Gasteiger partial charge in [0, 0.05) is 4.47 Å². The molecule has 0 aliphatic rings. The molecule has 18 heavy (non-hydrogen) atoms. The van der Waals surface area contributed by atoms with Crippen LogP contribution in [0, 0.1) is 0 Å². The van der Waals surface area contributed by atoms with Crippen molar-refractivity contribution in [2.24, 2.45) is 0 Å². The van der Waals surface area contributed by atoms with Crippen LogP contribution in [0.25, 0.3) is 6.08 Å². The molecule has 2 aromatic rings. The van der Waals surface area contributed by atoms with Crippen molar-refractivity contribution in [3.63, 3.8) is 0 Å². The number of ketones is 1. The zero-order valence-electron chi connectivity index (χ0n) is 9.51. The van der Waals surface area contributed by atoms with Gasteiger partial charge in [-0.3, -0.25) is 4.79 Å². The van der Waals surface area contributed by atoms with Gasteiger partial charge in [0.05, 0.1) is 5.56 Å². The largest absolute Gasteiger partial charge is 0.507 e. The summed E-state index contributed by atoms with van der Waals surface area (Å²) in [4.78, 5) is 11.8. The highest BCUT2D eigenvalue weighted by Crippen LogP contribution is 2.17. The van der Waals surface area contributed by atoms with E-state index in [9.17, 15) is 9.90 Å². The minimum absolute atomic E-state index is 0.00274. The molecule has 0 bridgehead atoms. The van der Waals surface area contributed by atoms with Crippen molar-refractivity contribution in [1.29, 1.82) is 0 Å². The first-order valence-corrected chi connectivity index (χ1v) is 6.22. The smallest absolute Gasteiger partial charge is 0.189 e. The number of para-hydroxylation sites is 1. The Morgan fingerprint density at radius 3 is 2.39 bits per heavy atom. The molecular formula is C15H11BrO2. The Kier molecular flexibility index (Phi) is 3.95. The SMILES string of the molecule is O=C(/C=C/c1ccc(Br)cc1)c1ccccc1O. The van der Waals surface area contributed by atoms with Crippen LogP contribution in [0.5, 0.6) is 5.75 Å². The standard InChI is InChI=1S/C15H11BrO2/c16-12-8-5-11(6-9-12)7-10-15(18)13-3-1-2-4-14(13)17/h1-10,17H/b10-7+. The lowest BCUT2D eigenvalue weighted by Gasteiger charge is -1.99. The highest BCUT2D eigenvalue weighted by molar-refractivity contribution is 9.10. The molecule has 2 aromatic carbocycles. The number of halogens is 1. The molecule has 0 radical (unpaired) electrons. The molecule has 0 saturated heterocycles. The fraction of sp³-hybridized carbons (Fsp3) is 0. The molecule has 3 heteroatoms. The first-order valence-electron chi connectivity index (χ1n) is 5.43. The highest BCUT2D eigenvalue weighted by atomic mass is 79.9. The molecule has 2 rings (SSSR count). The lowest BCUT2D eigenvalue weighted by atomic mass is 10.1. The number of benzene rings is 2. The number of hydrogen-bond donors (Lipinski definition) is 1. The van der Waals surface area contributed by atoms with Gasteiger partial charge in [0.2, 0.25) is 0 Å². The van der Waals surface area contributed by atoms with E-state index in [2.05, 4.69) is 15.9 Å². The van der Waals surface area contributed by atoms with E-state index in [1.165, 1.54) is 12.1 Å². The minimum Gasteiger partial charge on any atom is -0.507 e. The van der Waals surface area contributed by atoms with Gasteiger partial charge in [-0.2, -0.15) is 0 Å². The third kappa shape index (κ3) is 3.08. The van der Waals surface area contributed by atoms with Crippen LogP contribution in [0.3, 0.4) is 0 Å². The molecule has 0 aliphatic carbocycles. The Labute approximate surface area is 114 Å². The number of hydrogen-bond acceptors (Lipinski definition) is 2. The average molecular weight is 303 g/mol. The van der Waals surface area contributed by atoms with Crippen molar-refractivity contribution in [3.8, 4) is 5.75 Å². The predicted octanol–water partition coefficient (Wildman–Crippen LogP) is 4.05. The number of rotatable bonds is 3. The summed E-state index contributed by atoms with van der Waals surface area (Å²) >= 11 is 3.35. The zero-order chi connectivity index (χ0) is 13.0. The first kappa shape index (κ1) is 12.6. The van der Waals surface area contributed by atoms with Gasteiger partial charge in [-0.25, -0.2) is 0 Å². The number of allylic oxidation sites excluding steroid dienone is 1. The second-order valence-electron chi connectivity index (χ2n) is 3.77. The van der Waals surface area contributed by atoms with Crippen molar-refractivity contribution in [3.05, 3.63) is 70.2 Å². The van der Waals surface area contributed by atoms with E-state index in [0.29, 0.717) is 5.56 Å². The van der Waals surface area contributed by atoms with Crippen molar-refractivity contribution in [1.82, 2.24) is 0 Å². The number of phenols is 1. The third-order valence-corrected chi connectivity index (χ3v) is 3.00. The van der Waals surface area contributed by atoms with Crippen molar-refractivity contribution >= 4 is 27.8 Å². The third-order valence-electron chi connectivity index (χ3n) is 2.47. The fourth-order valence-corrected chi connectivity index (χ4v) is 1.78. The van der Waals surface area contributed by atoms with E-state index < -0.39 is 0 Å². The Morgan fingerprint density at radius 2 is 1.72 bits per heavy atom. The Bertz CT molecular complexity index is 586. The van der Waals surface area contributed by atoms with E-state index >= 15 is 0 Å². The lowest BCUT2D eigenvalue weighted by Crippen LogP contribution is -1.94. The number of aromatic hydroxyl groups is 1. The molecule has 0 amide bonds. The van der Waals surface area contributed by atoms with Crippen LogP contribution in [0.15, 0.2) is 59.1 Å². The number of phenolic OH excluding ortho intramolecular Hbond substituents is 1. The van der Waals surface area contributed by atoms with Crippen LogP contribution in [-0.4, -0.2) is 10.9 Å². The van der Waals surface area contributed by atoms with Crippen LogP contribution in [0.1, 0.15) is 15.9 Å². The van der Waals surface area contributed by atoms with Crippen LogP contribution >= 0.6 is 15.9 Å². The Hall–Kier alpha value is -1.87. The molecule has 2 nitrogen and oxygen atoms in total. The molecule has 0 heterocycles. The van der Waals surface area contributed by atoms with Gasteiger partial charge in [-0.1, -0.05) is 46.3 Å². The van der Waals surface area contributed by atoms with E-state index in [-0.39, 0.29) is 11.5 Å². The molecule has 1 N–H and O–H groups in total. The summed E-state index contributed by atoms with van der Waals surface area (Å²) < 4.78 is 0.992. The maximum atomic E-state index is 11.8. The lowest BCUT2D eigenvalue weighted by molar-refractivity contribution is 0.104. The fourth-order valence-electron chi connectivity index (χ4n) is 1.52. The zero-order valence-corrected chi connectivity index (χ0v) is 11.1. The Morgan fingerprint density at radius 1 is 1.06 bits per heavy atom. The van der Waals surface area contributed by atoms with E-state index in [1.54, 1.807) is 24.3 Å². The van der Waals surface area contributed by atoms with E-state index in [4.69, 9.17) is 0 Å². The molecule has 0 atom stereocenters. The molecule has 0 saturated carbocycles. The van der Waals surface area contributed by atoms with Crippen LogP contribution < -0.4 is 0 Å². The number of carbonyl (C=O) groups is 1. The second kappa shape index (κ2) is 5.65. The molecular weight excluding hydrogens is 292 g/mol. The quantitative estimate of drug-likeness (QED) is 0.686. The van der Waals surface area contributed by atoms with Crippen molar-refractivity contribution < 1.29 is 9.90 Å². The summed E-state index contributed by atoms with van der Waals surface area (Å²) in [6, 6.07) is 14.1. The van der Waals surface area contributed by atoms with Crippen LogP contribution in [0.4, 0.5) is 0 Å². The van der Waals surface area contributed by atoms with Crippen LogP contribution in [-0.2, 0) is 0 Å². The summed E-state index contributed by atoms with van der Waals surface area (Å²) in [7, 11) is 0. The van der Waals surface area contributed by atoms with Gasteiger partial charge in [0.25, 0.3) is 0 Å². The Balaban J connectivity index is 2.17. The van der Waals surface area contributed by atoms with E-state index in [1.807, 2.05) is 24.3 Å². The van der Waals surface area contributed by atoms with Crippen LogP contribution in [0.2, 0.25) is 0 Å². The summed E-state index contributed by atoms with van der Waals surface area (Å²) in [6.07, 6.45) is 3.18. The molecule has 0 spiro atoms. The average Bonchev–Trinajstić information content (AvgIpc) is 2.38. The van der Waals surface area contributed by atoms with E-state index in [0.717, 1.165) is 10.0 Å². The van der Waals surface area contributed by atoms with Gasteiger partial charge >= 0.3 is 0 Å². The first-order chi connectivity index (χ1) is 8.66. The second-order valence-corrected chi connectivity index (χ2v) is 4.68. The molecule has 0 aromatic heterocycles. The van der Waals surface area contributed by atoms with Crippen molar-refractivity contribution in [2.75, 3.05) is 0 Å². The van der Waals surface area contributed by atoms with Crippen molar-refractivity contribution in [2.45, 2.75) is 0 Å². The summed E-state index contributed by atoms with van der Waals surface area (Å²) in [6.45, 7) is 0. The topological polar surface area (TPSA) is 37.3 Å². The van der Waals surface area contributed by atoms with Gasteiger partial charge < -0.3 is 5.11 Å². The molecule has 0 aliphatic heterocycles. The normalized spacial score (nSPS) is 10.7. The van der Waals surface area contributed by atoms with Gasteiger partial charge in [-0.05, 0) is 35.9 Å². The minimum atomic E-state index is -0.212. The predicted molar refractivity (Wildman–Crippen MR) is 75.6 cm³/mol. The molecule has 0 unspecified atom stereocenters. The summed E-state index contributed by atoms with van der Waals surface area (Å²) in [5.41, 5.74) is 1.24.